The Kier molecular flexibility index (Phi) is 4.99. The van der Waals surface area contributed by atoms with Gasteiger partial charge < -0.3 is 15.2 Å². The summed E-state index contributed by atoms with van der Waals surface area (Å²) in [6.45, 7) is 2.16. The molecule has 134 valence electrons. The topological polar surface area (TPSA) is 78.9 Å². The Morgan fingerprint density at radius 3 is 2.73 bits per heavy atom. The number of imide groups is 1. The fraction of sp³-hybridized carbons (Fsp3) is 0.158. The zero-order valence-electron chi connectivity index (χ0n) is 14.2. The molecule has 0 spiro atoms. The van der Waals surface area contributed by atoms with E-state index >= 15 is 0 Å². The molecule has 0 aromatic heterocycles. The van der Waals surface area contributed by atoms with Gasteiger partial charge in [0.05, 0.1) is 18.1 Å². The number of amides is 3. The Morgan fingerprint density at radius 2 is 2.04 bits per heavy atom. The van der Waals surface area contributed by atoms with Crippen LogP contribution in [0.5, 0.6) is 11.5 Å². The molecule has 3 rings (SSSR count). The summed E-state index contributed by atoms with van der Waals surface area (Å²) in [5.41, 5.74) is 2.71. The van der Waals surface area contributed by atoms with Crippen LogP contribution in [0.2, 0.25) is 0 Å². The second kappa shape index (κ2) is 7.21. The fourth-order valence-corrected chi connectivity index (χ4v) is 3.17. The summed E-state index contributed by atoms with van der Waals surface area (Å²) >= 11 is 3.24. The van der Waals surface area contributed by atoms with E-state index in [9.17, 15) is 14.7 Å². The van der Waals surface area contributed by atoms with Crippen molar-refractivity contribution in [2.45, 2.75) is 13.5 Å². The van der Waals surface area contributed by atoms with Gasteiger partial charge in [0.1, 0.15) is 5.70 Å². The molecule has 0 radical (unpaired) electrons. The number of phenolic OH excluding ortho intramolecular Hbond substituents is 1. The molecule has 6 nitrogen and oxygen atoms in total. The average Bonchev–Trinajstić information content (AvgIpc) is 2.85. The molecule has 7 heteroatoms. The lowest BCUT2D eigenvalue weighted by Gasteiger charge is -2.12. The second-order valence-corrected chi connectivity index (χ2v) is 6.78. The van der Waals surface area contributed by atoms with E-state index in [0.717, 1.165) is 16.0 Å². The zero-order chi connectivity index (χ0) is 18.8. The summed E-state index contributed by atoms with van der Waals surface area (Å²) in [4.78, 5) is 26.0. The molecule has 1 saturated heterocycles. The van der Waals surface area contributed by atoms with Gasteiger partial charge in [0, 0.05) is 0 Å². The summed E-state index contributed by atoms with van der Waals surface area (Å²) in [5.74, 6) is -0.170. The fourth-order valence-electron chi connectivity index (χ4n) is 2.71. The van der Waals surface area contributed by atoms with Crippen molar-refractivity contribution < 1.29 is 19.4 Å². The summed E-state index contributed by atoms with van der Waals surface area (Å²) in [6.07, 6.45) is 1.54. The van der Waals surface area contributed by atoms with Gasteiger partial charge in [-0.25, -0.2) is 4.79 Å². The minimum Gasteiger partial charge on any atom is -0.503 e. The van der Waals surface area contributed by atoms with Crippen molar-refractivity contribution in [1.29, 1.82) is 0 Å². The van der Waals surface area contributed by atoms with Crippen LogP contribution >= 0.6 is 15.9 Å². The molecule has 3 amide bonds. The number of carbonyl (C=O) groups excluding carboxylic acids is 2. The quantitative estimate of drug-likeness (QED) is 0.589. The number of nitrogens with zero attached hydrogens (tertiary/aromatic N) is 1. The van der Waals surface area contributed by atoms with E-state index in [4.69, 9.17) is 4.74 Å². The molecule has 2 aromatic carbocycles. The number of urea groups is 1. The molecule has 0 atom stereocenters. The lowest BCUT2D eigenvalue weighted by Crippen LogP contribution is -2.30. The van der Waals surface area contributed by atoms with E-state index in [1.54, 1.807) is 18.2 Å². The Bertz CT molecular complexity index is 924. The molecule has 1 heterocycles. The number of hydrogen-bond acceptors (Lipinski definition) is 4. The van der Waals surface area contributed by atoms with Gasteiger partial charge in [-0.2, -0.15) is 0 Å². The van der Waals surface area contributed by atoms with Crippen molar-refractivity contribution in [3.63, 3.8) is 0 Å². The molecular formula is C19H17BrN2O4. The first-order valence-corrected chi connectivity index (χ1v) is 8.65. The third-order valence-corrected chi connectivity index (χ3v) is 4.57. The third kappa shape index (κ3) is 3.57. The SMILES string of the molecule is COc1cc(/C=C2/NC(=O)N(Cc3cccc(C)c3)C2=O)cc(Br)c1O. The van der Waals surface area contributed by atoms with Gasteiger partial charge in [-0.15, -0.1) is 0 Å². The number of halogens is 1. The van der Waals surface area contributed by atoms with Crippen LogP contribution in [0.1, 0.15) is 16.7 Å². The first-order chi connectivity index (χ1) is 12.4. The molecule has 1 aliphatic rings. The summed E-state index contributed by atoms with van der Waals surface area (Å²) in [6, 6.07) is 10.4. The molecule has 0 aliphatic carbocycles. The van der Waals surface area contributed by atoms with Crippen molar-refractivity contribution >= 4 is 33.9 Å². The maximum Gasteiger partial charge on any atom is 0.329 e. The van der Waals surface area contributed by atoms with Crippen LogP contribution in [0.25, 0.3) is 6.08 Å². The molecule has 26 heavy (non-hydrogen) atoms. The van der Waals surface area contributed by atoms with E-state index in [2.05, 4.69) is 21.2 Å². The van der Waals surface area contributed by atoms with Crippen LogP contribution in [0.3, 0.4) is 0 Å². The number of methoxy groups -OCH3 is 1. The molecule has 0 saturated carbocycles. The number of carbonyl (C=O) groups is 2. The number of phenols is 1. The van der Waals surface area contributed by atoms with Gasteiger partial charge in [-0.3, -0.25) is 9.69 Å². The number of aryl methyl sites for hydroxylation is 1. The summed E-state index contributed by atoms with van der Waals surface area (Å²) < 4.78 is 5.53. The van der Waals surface area contributed by atoms with Crippen LogP contribution in [0, 0.1) is 6.92 Å². The lowest BCUT2D eigenvalue weighted by molar-refractivity contribution is -0.123. The van der Waals surface area contributed by atoms with E-state index in [-0.39, 0.29) is 23.7 Å². The van der Waals surface area contributed by atoms with E-state index in [1.165, 1.54) is 7.11 Å². The minimum absolute atomic E-state index is 0.0301. The normalized spacial score (nSPS) is 15.5. The van der Waals surface area contributed by atoms with Gasteiger partial charge in [0.2, 0.25) is 0 Å². The van der Waals surface area contributed by atoms with Crippen molar-refractivity contribution in [3.05, 3.63) is 63.3 Å². The van der Waals surface area contributed by atoms with Crippen molar-refractivity contribution in [2.75, 3.05) is 7.11 Å². The Labute approximate surface area is 159 Å². The maximum atomic E-state index is 12.6. The van der Waals surface area contributed by atoms with Crippen LogP contribution in [-0.2, 0) is 11.3 Å². The number of ether oxygens (including phenoxy) is 1. The van der Waals surface area contributed by atoms with Crippen LogP contribution in [0.4, 0.5) is 4.79 Å². The molecule has 1 fully saturated rings. The standard InChI is InChI=1S/C19H17BrN2O4/c1-11-4-3-5-12(6-11)10-22-18(24)15(21-19(22)25)8-13-7-14(20)17(23)16(9-13)26-2/h3-9,23H,10H2,1-2H3,(H,21,25)/b15-8+. The largest absolute Gasteiger partial charge is 0.503 e. The minimum atomic E-state index is -0.465. The predicted octanol–water partition coefficient (Wildman–Crippen LogP) is 3.56. The smallest absolute Gasteiger partial charge is 0.329 e. The Hall–Kier alpha value is -2.80. The number of hydrogen-bond donors (Lipinski definition) is 2. The van der Waals surface area contributed by atoms with E-state index in [1.807, 2.05) is 31.2 Å². The predicted molar refractivity (Wildman–Crippen MR) is 101 cm³/mol. The van der Waals surface area contributed by atoms with Gasteiger partial charge in [-0.1, -0.05) is 29.8 Å². The monoisotopic (exact) mass is 416 g/mol. The zero-order valence-corrected chi connectivity index (χ0v) is 15.8. The van der Waals surface area contributed by atoms with Gasteiger partial charge >= 0.3 is 6.03 Å². The summed E-state index contributed by atoms with van der Waals surface area (Å²) in [5, 5.41) is 12.5. The van der Waals surface area contributed by atoms with Crippen molar-refractivity contribution in [1.82, 2.24) is 10.2 Å². The van der Waals surface area contributed by atoms with E-state index in [0.29, 0.717) is 10.0 Å². The van der Waals surface area contributed by atoms with Gasteiger partial charge in [0.15, 0.2) is 11.5 Å². The van der Waals surface area contributed by atoms with Crippen molar-refractivity contribution in [3.8, 4) is 11.5 Å². The highest BCUT2D eigenvalue weighted by Gasteiger charge is 2.33. The molecule has 2 N–H and O–H groups in total. The lowest BCUT2D eigenvalue weighted by atomic mass is 10.1. The van der Waals surface area contributed by atoms with Crippen LogP contribution in [-0.4, -0.2) is 29.1 Å². The molecule has 2 aromatic rings. The van der Waals surface area contributed by atoms with Gasteiger partial charge in [-0.05, 0) is 52.2 Å². The van der Waals surface area contributed by atoms with Crippen molar-refractivity contribution in [2.24, 2.45) is 0 Å². The molecule has 0 bridgehead atoms. The summed E-state index contributed by atoms with van der Waals surface area (Å²) in [7, 11) is 1.44. The van der Waals surface area contributed by atoms with Gasteiger partial charge in [0.25, 0.3) is 5.91 Å². The number of rotatable bonds is 4. The molecule has 0 unspecified atom stereocenters. The maximum absolute atomic E-state index is 12.6. The highest BCUT2D eigenvalue weighted by Crippen LogP contribution is 2.36. The first-order valence-electron chi connectivity index (χ1n) is 7.85. The molecular weight excluding hydrogens is 400 g/mol. The number of benzene rings is 2. The number of nitrogens with one attached hydrogen (secondary N) is 1. The third-order valence-electron chi connectivity index (χ3n) is 3.97. The highest BCUT2D eigenvalue weighted by atomic mass is 79.9. The Morgan fingerprint density at radius 1 is 1.27 bits per heavy atom. The van der Waals surface area contributed by atoms with Crippen LogP contribution < -0.4 is 10.1 Å². The Balaban J connectivity index is 1.87. The molecule has 1 aliphatic heterocycles. The second-order valence-electron chi connectivity index (χ2n) is 5.92. The highest BCUT2D eigenvalue weighted by molar-refractivity contribution is 9.10. The van der Waals surface area contributed by atoms with Crippen LogP contribution in [0.15, 0.2) is 46.6 Å². The first kappa shape index (κ1) is 18.0. The number of aromatic hydroxyl groups is 1. The van der Waals surface area contributed by atoms with E-state index < -0.39 is 11.9 Å². The average molecular weight is 417 g/mol.